The molecule has 1 saturated heterocycles. The van der Waals surface area contributed by atoms with Gasteiger partial charge in [-0.2, -0.15) is 0 Å². The van der Waals surface area contributed by atoms with Crippen molar-refractivity contribution in [1.82, 2.24) is 4.90 Å². The lowest BCUT2D eigenvalue weighted by Crippen LogP contribution is -2.35. The highest BCUT2D eigenvalue weighted by molar-refractivity contribution is 7.80. The maximum Gasteiger partial charge on any atom is 0.325 e. The van der Waals surface area contributed by atoms with Crippen LogP contribution in [0.15, 0.2) is 42.1 Å². The molecule has 0 aromatic heterocycles. The Labute approximate surface area is 208 Å². The smallest absolute Gasteiger partial charge is 0.325 e. The summed E-state index contributed by atoms with van der Waals surface area (Å²) in [6, 6.07) is 10.7. The highest BCUT2D eigenvalue weighted by Gasteiger charge is 2.40. The number of amides is 1. The minimum absolute atomic E-state index is 0.0158. The van der Waals surface area contributed by atoms with Gasteiger partial charge in [-0.15, -0.1) is 6.42 Å². The number of terminal acetylenes is 1. The van der Waals surface area contributed by atoms with Crippen LogP contribution in [0.2, 0.25) is 5.02 Å². The van der Waals surface area contributed by atoms with Crippen molar-refractivity contribution in [1.29, 1.82) is 0 Å². The fourth-order valence-corrected chi connectivity index (χ4v) is 3.99. The molecule has 9 heteroatoms. The first-order chi connectivity index (χ1) is 16.3. The molecule has 1 fully saturated rings. The number of hydrogen-bond donors (Lipinski definition) is 0. The monoisotopic (exact) mass is 498 g/mol. The molecule has 0 radical (unpaired) electrons. The van der Waals surface area contributed by atoms with Gasteiger partial charge in [0.25, 0.3) is 5.91 Å². The van der Waals surface area contributed by atoms with E-state index in [0.717, 1.165) is 12.0 Å². The standard InChI is InChI=1S/C25H23ClN2O5S/c1-5-11-33-23-19(26)12-17(14-21(23)31-3)13-20-24(30)28(18-9-7-16(6-2)8-10-18)25(34)27(20)15-22(29)32-4/h1,7-10,12-14H,6,11,15H2,2-4H3/b20-13-. The van der Waals surface area contributed by atoms with Gasteiger partial charge >= 0.3 is 5.97 Å². The number of anilines is 1. The van der Waals surface area contributed by atoms with Crippen molar-refractivity contribution in [3.8, 4) is 23.8 Å². The van der Waals surface area contributed by atoms with Crippen molar-refractivity contribution < 1.29 is 23.8 Å². The Bertz CT molecular complexity index is 1190. The Balaban J connectivity index is 2.06. The second-order valence-electron chi connectivity index (χ2n) is 7.16. The largest absolute Gasteiger partial charge is 0.493 e. The summed E-state index contributed by atoms with van der Waals surface area (Å²) in [5.41, 5.74) is 2.45. The number of methoxy groups -OCH3 is 2. The minimum atomic E-state index is -0.544. The van der Waals surface area contributed by atoms with Crippen molar-refractivity contribution >= 4 is 52.6 Å². The molecule has 0 bridgehead atoms. The number of esters is 1. The number of carbonyl (C=O) groups is 2. The average molecular weight is 499 g/mol. The number of rotatable bonds is 8. The SMILES string of the molecule is C#CCOc1c(Cl)cc(/C=C2/C(=O)N(c3ccc(CC)cc3)C(=S)N2CC(=O)OC)cc1OC. The lowest BCUT2D eigenvalue weighted by atomic mass is 10.1. The first-order valence-corrected chi connectivity index (χ1v) is 11.1. The number of hydrogen-bond acceptors (Lipinski definition) is 6. The second-order valence-corrected chi connectivity index (χ2v) is 7.93. The van der Waals surface area contributed by atoms with Crippen LogP contribution in [-0.2, 0) is 20.7 Å². The van der Waals surface area contributed by atoms with E-state index in [1.54, 1.807) is 18.2 Å². The highest BCUT2D eigenvalue weighted by atomic mass is 35.5. The maximum atomic E-state index is 13.5. The third-order valence-electron chi connectivity index (χ3n) is 5.11. The molecule has 7 nitrogen and oxygen atoms in total. The first-order valence-electron chi connectivity index (χ1n) is 10.3. The predicted octanol–water partition coefficient (Wildman–Crippen LogP) is 4.07. The number of halogens is 1. The Kier molecular flexibility index (Phi) is 8.16. The summed E-state index contributed by atoms with van der Waals surface area (Å²) in [6.45, 7) is 1.83. The van der Waals surface area contributed by atoms with E-state index in [0.29, 0.717) is 22.7 Å². The van der Waals surface area contributed by atoms with Gasteiger partial charge in [0.2, 0.25) is 0 Å². The maximum absolute atomic E-state index is 13.5. The molecule has 0 N–H and O–H groups in total. The van der Waals surface area contributed by atoms with Crippen LogP contribution in [0.1, 0.15) is 18.1 Å². The fourth-order valence-electron chi connectivity index (χ4n) is 3.37. The van der Waals surface area contributed by atoms with Crippen LogP contribution in [0.25, 0.3) is 6.08 Å². The van der Waals surface area contributed by atoms with Crippen molar-refractivity contribution in [3.63, 3.8) is 0 Å². The summed E-state index contributed by atoms with van der Waals surface area (Å²) >= 11 is 12.0. The molecule has 1 aliphatic rings. The van der Waals surface area contributed by atoms with Gasteiger partial charge in [-0.05, 0) is 60.1 Å². The summed E-state index contributed by atoms with van der Waals surface area (Å²) in [7, 11) is 2.74. The summed E-state index contributed by atoms with van der Waals surface area (Å²) in [5, 5.41) is 0.416. The molecule has 0 unspecified atom stereocenters. The van der Waals surface area contributed by atoms with E-state index in [2.05, 4.69) is 5.92 Å². The van der Waals surface area contributed by atoms with Crippen LogP contribution >= 0.6 is 23.8 Å². The molecule has 3 rings (SSSR count). The van der Waals surface area contributed by atoms with E-state index in [-0.39, 0.29) is 34.9 Å². The van der Waals surface area contributed by atoms with E-state index >= 15 is 0 Å². The Morgan fingerprint density at radius 1 is 1.24 bits per heavy atom. The van der Waals surface area contributed by atoms with Gasteiger partial charge in [0.05, 0.1) is 24.9 Å². The van der Waals surface area contributed by atoms with Gasteiger partial charge < -0.3 is 19.1 Å². The van der Waals surface area contributed by atoms with Gasteiger partial charge in [0.15, 0.2) is 16.6 Å². The summed E-state index contributed by atoms with van der Waals surface area (Å²) in [6.07, 6.45) is 7.71. The van der Waals surface area contributed by atoms with E-state index in [1.807, 2.05) is 31.2 Å². The zero-order valence-electron chi connectivity index (χ0n) is 19.0. The lowest BCUT2D eigenvalue weighted by molar-refractivity contribution is -0.140. The zero-order valence-corrected chi connectivity index (χ0v) is 20.5. The van der Waals surface area contributed by atoms with E-state index < -0.39 is 5.97 Å². The molecule has 1 heterocycles. The van der Waals surface area contributed by atoms with Gasteiger partial charge in [-0.3, -0.25) is 14.5 Å². The molecular formula is C25H23ClN2O5S. The average Bonchev–Trinajstić information content (AvgIpc) is 3.06. The third-order valence-corrected chi connectivity index (χ3v) is 5.79. The highest BCUT2D eigenvalue weighted by Crippen LogP contribution is 2.38. The van der Waals surface area contributed by atoms with E-state index in [1.165, 1.54) is 24.0 Å². The van der Waals surface area contributed by atoms with Crippen LogP contribution in [-0.4, -0.2) is 49.3 Å². The molecule has 1 aliphatic heterocycles. The third kappa shape index (κ3) is 5.16. The van der Waals surface area contributed by atoms with Crippen molar-refractivity contribution in [3.05, 3.63) is 58.2 Å². The Morgan fingerprint density at radius 2 is 1.94 bits per heavy atom. The number of ether oxygens (including phenoxy) is 3. The van der Waals surface area contributed by atoms with Gasteiger partial charge in [-0.1, -0.05) is 36.6 Å². The quantitative estimate of drug-likeness (QED) is 0.235. The van der Waals surface area contributed by atoms with Crippen LogP contribution in [0, 0.1) is 12.3 Å². The summed E-state index contributed by atoms with van der Waals surface area (Å²) in [4.78, 5) is 28.4. The molecule has 176 valence electrons. The number of benzene rings is 2. The van der Waals surface area contributed by atoms with Crippen molar-refractivity contribution in [2.75, 3.05) is 32.3 Å². The van der Waals surface area contributed by atoms with Crippen molar-refractivity contribution in [2.24, 2.45) is 0 Å². The minimum Gasteiger partial charge on any atom is -0.493 e. The van der Waals surface area contributed by atoms with Crippen LogP contribution in [0.3, 0.4) is 0 Å². The first kappa shape index (κ1) is 25.1. The van der Waals surface area contributed by atoms with Gasteiger partial charge in [-0.25, -0.2) is 0 Å². The molecule has 2 aromatic carbocycles. The Morgan fingerprint density at radius 3 is 2.53 bits per heavy atom. The Hall–Kier alpha value is -3.54. The van der Waals surface area contributed by atoms with E-state index in [4.69, 9.17) is 44.5 Å². The molecule has 0 aliphatic carbocycles. The molecular weight excluding hydrogens is 476 g/mol. The normalized spacial score (nSPS) is 14.4. The number of thiocarbonyl (C=S) groups is 1. The second kappa shape index (κ2) is 11.1. The molecule has 0 atom stereocenters. The van der Waals surface area contributed by atoms with Crippen LogP contribution in [0.4, 0.5) is 5.69 Å². The number of aryl methyl sites for hydroxylation is 1. The van der Waals surface area contributed by atoms with Crippen LogP contribution < -0.4 is 14.4 Å². The zero-order chi connectivity index (χ0) is 24.8. The number of carbonyl (C=O) groups excluding carboxylic acids is 2. The van der Waals surface area contributed by atoms with Gasteiger partial charge in [0.1, 0.15) is 18.8 Å². The lowest BCUT2D eigenvalue weighted by Gasteiger charge is -2.19. The molecule has 2 aromatic rings. The molecule has 0 spiro atoms. The fraction of sp³-hybridized carbons (Fsp3) is 0.240. The van der Waals surface area contributed by atoms with Crippen LogP contribution in [0.5, 0.6) is 11.5 Å². The van der Waals surface area contributed by atoms with Gasteiger partial charge in [0, 0.05) is 0 Å². The van der Waals surface area contributed by atoms with Crippen molar-refractivity contribution in [2.45, 2.75) is 13.3 Å². The molecule has 0 saturated carbocycles. The van der Waals surface area contributed by atoms with E-state index in [9.17, 15) is 9.59 Å². The summed E-state index contributed by atoms with van der Waals surface area (Å²) in [5.74, 6) is 2.08. The molecule has 34 heavy (non-hydrogen) atoms. The molecule has 1 amide bonds. The summed E-state index contributed by atoms with van der Waals surface area (Å²) < 4.78 is 15.7. The number of nitrogens with zero attached hydrogens (tertiary/aromatic N) is 2. The predicted molar refractivity (Wildman–Crippen MR) is 135 cm³/mol. The topological polar surface area (TPSA) is 68.3 Å².